The zero-order valence-electron chi connectivity index (χ0n) is 10.3. The van der Waals surface area contributed by atoms with E-state index in [2.05, 4.69) is 16.4 Å². The molecule has 3 heterocycles. The molecule has 0 fully saturated rings. The van der Waals surface area contributed by atoms with Gasteiger partial charge in [0.2, 0.25) is 0 Å². The Bertz CT molecular complexity index is 837. The number of hydrogen-bond donors (Lipinski definition) is 1. The lowest BCUT2D eigenvalue weighted by Crippen LogP contribution is -1.99. The fourth-order valence-corrected chi connectivity index (χ4v) is 2.80. The van der Waals surface area contributed by atoms with Gasteiger partial charge in [0.1, 0.15) is 29.1 Å². The minimum atomic E-state index is 0.286. The minimum Gasteiger partial charge on any atom is -0.467 e. The summed E-state index contributed by atoms with van der Waals surface area (Å²) in [6.45, 7) is 0.511. The first-order valence-corrected chi connectivity index (χ1v) is 6.68. The molecule has 3 rings (SSSR count). The van der Waals surface area contributed by atoms with Gasteiger partial charge >= 0.3 is 0 Å². The number of thiophene rings is 1. The van der Waals surface area contributed by atoms with Crippen molar-refractivity contribution >= 4 is 27.2 Å². The van der Waals surface area contributed by atoms with E-state index in [9.17, 15) is 0 Å². The van der Waals surface area contributed by atoms with Crippen molar-refractivity contribution in [1.82, 2.24) is 4.98 Å². The van der Waals surface area contributed by atoms with E-state index in [1.165, 1.54) is 11.3 Å². The van der Waals surface area contributed by atoms with E-state index in [1.807, 2.05) is 18.2 Å². The highest BCUT2D eigenvalue weighted by Gasteiger charge is 2.12. The molecule has 0 amide bonds. The number of anilines is 1. The molecule has 0 radical (unpaired) electrons. The highest BCUT2D eigenvalue weighted by atomic mass is 32.1. The van der Waals surface area contributed by atoms with Gasteiger partial charge in [-0.15, -0.1) is 11.3 Å². The Hall–Kier alpha value is -2.83. The van der Waals surface area contributed by atoms with Crippen LogP contribution in [0.15, 0.2) is 34.3 Å². The molecule has 0 spiro atoms. The minimum absolute atomic E-state index is 0.286. The third-order valence-electron chi connectivity index (χ3n) is 2.79. The zero-order valence-corrected chi connectivity index (χ0v) is 11.1. The van der Waals surface area contributed by atoms with E-state index >= 15 is 0 Å². The van der Waals surface area contributed by atoms with Crippen molar-refractivity contribution in [1.29, 1.82) is 10.5 Å². The number of fused-ring (bicyclic) bond motifs is 1. The summed E-state index contributed by atoms with van der Waals surface area (Å²) in [5, 5.41) is 23.1. The van der Waals surface area contributed by atoms with Crippen LogP contribution in [-0.2, 0) is 6.54 Å². The Balaban J connectivity index is 2.03. The highest BCUT2D eigenvalue weighted by Crippen LogP contribution is 2.31. The van der Waals surface area contributed by atoms with E-state index in [0.717, 1.165) is 16.1 Å². The monoisotopic (exact) mass is 280 g/mol. The van der Waals surface area contributed by atoms with E-state index in [0.29, 0.717) is 17.6 Å². The van der Waals surface area contributed by atoms with Gasteiger partial charge < -0.3 is 9.73 Å². The number of hydrogen-bond acceptors (Lipinski definition) is 6. The van der Waals surface area contributed by atoms with Crippen LogP contribution in [0.2, 0.25) is 0 Å². The first kappa shape index (κ1) is 12.2. The van der Waals surface area contributed by atoms with Crippen LogP contribution in [0.1, 0.15) is 17.0 Å². The Morgan fingerprint density at radius 2 is 2.25 bits per heavy atom. The molecule has 3 aromatic heterocycles. The van der Waals surface area contributed by atoms with Crippen molar-refractivity contribution in [2.45, 2.75) is 6.54 Å². The molecule has 3 aromatic rings. The number of nitrogens with zero attached hydrogens (tertiary/aromatic N) is 3. The summed E-state index contributed by atoms with van der Waals surface area (Å²) < 4.78 is 6.13. The molecule has 96 valence electrons. The van der Waals surface area contributed by atoms with Gasteiger partial charge in [0, 0.05) is 5.38 Å². The van der Waals surface area contributed by atoms with Crippen molar-refractivity contribution < 1.29 is 4.42 Å². The van der Waals surface area contributed by atoms with Crippen LogP contribution in [0, 0.1) is 22.7 Å². The third kappa shape index (κ3) is 2.09. The molecule has 0 unspecified atom stereocenters. The normalized spacial score (nSPS) is 10.1. The lowest BCUT2D eigenvalue weighted by atomic mass is 10.2. The Morgan fingerprint density at radius 3 is 2.95 bits per heavy atom. The second-order valence-electron chi connectivity index (χ2n) is 4.04. The molecule has 0 saturated heterocycles. The quantitative estimate of drug-likeness (QED) is 0.796. The summed E-state index contributed by atoms with van der Waals surface area (Å²) in [6, 6.07) is 9.47. The lowest BCUT2D eigenvalue weighted by Gasteiger charge is -2.06. The SMILES string of the molecule is N#Cc1cc(NCc2ccco2)c2scc(C#N)c2n1. The standard InChI is InChI=1S/C14H8N4OS/c15-5-9-8-20-14-12(4-10(6-16)18-13(9)14)17-7-11-2-1-3-19-11/h1-4,8H,7H2,(H,17,18). The number of furan rings is 1. The predicted octanol–water partition coefficient (Wildman–Crippen LogP) is 3.24. The van der Waals surface area contributed by atoms with Crippen LogP contribution >= 0.6 is 11.3 Å². The maximum atomic E-state index is 9.06. The summed E-state index contributed by atoms with van der Waals surface area (Å²) in [5.41, 5.74) is 2.13. The number of nitrogens with one attached hydrogen (secondary N) is 1. The van der Waals surface area contributed by atoms with Gasteiger partial charge in [-0.3, -0.25) is 0 Å². The Labute approximate surface area is 118 Å². The van der Waals surface area contributed by atoms with Gasteiger partial charge in [0.25, 0.3) is 0 Å². The molecule has 0 atom stereocenters. The third-order valence-corrected chi connectivity index (χ3v) is 3.79. The molecule has 6 heteroatoms. The number of rotatable bonds is 3. The summed E-state index contributed by atoms with van der Waals surface area (Å²) in [6.07, 6.45) is 1.61. The Kier molecular flexibility index (Phi) is 3.08. The molecule has 0 aliphatic rings. The van der Waals surface area contributed by atoms with E-state index in [-0.39, 0.29) is 5.69 Å². The van der Waals surface area contributed by atoms with Crippen molar-refractivity contribution in [3.63, 3.8) is 0 Å². The highest BCUT2D eigenvalue weighted by molar-refractivity contribution is 7.18. The molecule has 5 nitrogen and oxygen atoms in total. The number of pyridine rings is 1. The van der Waals surface area contributed by atoms with Gasteiger partial charge in [-0.1, -0.05) is 0 Å². The average molecular weight is 280 g/mol. The van der Waals surface area contributed by atoms with E-state index in [4.69, 9.17) is 14.9 Å². The molecule has 0 aliphatic carbocycles. The van der Waals surface area contributed by atoms with Crippen LogP contribution in [0.4, 0.5) is 5.69 Å². The van der Waals surface area contributed by atoms with Crippen LogP contribution < -0.4 is 5.32 Å². The topological polar surface area (TPSA) is 85.6 Å². The predicted molar refractivity (Wildman–Crippen MR) is 75.1 cm³/mol. The zero-order chi connectivity index (χ0) is 13.9. The summed E-state index contributed by atoms with van der Waals surface area (Å²) >= 11 is 1.43. The Morgan fingerprint density at radius 1 is 1.35 bits per heavy atom. The number of nitriles is 2. The number of aromatic nitrogens is 1. The lowest BCUT2D eigenvalue weighted by molar-refractivity contribution is 0.518. The maximum absolute atomic E-state index is 9.06. The van der Waals surface area contributed by atoms with Gasteiger partial charge in [-0.25, -0.2) is 4.98 Å². The van der Waals surface area contributed by atoms with Crippen LogP contribution in [0.3, 0.4) is 0 Å². The summed E-state index contributed by atoms with van der Waals surface area (Å²) in [7, 11) is 0. The molecular formula is C14H8N4OS. The second kappa shape index (κ2) is 5.04. The summed E-state index contributed by atoms with van der Waals surface area (Å²) in [5.74, 6) is 0.797. The molecule has 0 aliphatic heterocycles. The van der Waals surface area contributed by atoms with Gasteiger partial charge in [0.15, 0.2) is 0 Å². The van der Waals surface area contributed by atoms with Crippen molar-refractivity contribution in [3.8, 4) is 12.1 Å². The van der Waals surface area contributed by atoms with Crippen molar-refractivity contribution in [2.75, 3.05) is 5.32 Å². The van der Waals surface area contributed by atoms with E-state index in [1.54, 1.807) is 17.7 Å². The molecule has 1 N–H and O–H groups in total. The van der Waals surface area contributed by atoms with Crippen LogP contribution in [-0.4, -0.2) is 4.98 Å². The summed E-state index contributed by atoms with van der Waals surface area (Å²) in [4.78, 5) is 4.19. The van der Waals surface area contributed by atoms with E-state index < -0.39 is 0 Å². The second-order valence-corrected chi connectivity index (χ2v) is 4.92. The van der Waals surface area contributed by atoms with Gasteiger partial charge in [0.05, 0.1) is 28.8 Å². The molecule has 0 bridgehead atoms. The largest absolute Gasteiger partial charge is 0.467 e. The van der Waals surface area contributed by atoms with Crippen molar-refractivity contribution in [2.24, 2.45) is 0 Å². The maximum Gasteiger partial charge on any atom is 0.143 e. The first-order valence-electron chi connectivity index (χ1n) is 5.80. The molecule has 0 aromatic carbocycles. The molecule has 20 heavy (non-hydrogen) atoms. The van der Waals surface area contributed by atoms with Gasteiger partial charge in [-0.05, 0) is 18.2 Å². The molecular weight excluding hydrogens is 272 g/mol. The van der Waals surface area contributed by atoms with Gasteiger partial charge in [-0.2, -0.15) is 10.5 Å². The van der Waals surface area contributed by atoms with Crippen LogP contribution in [0.25, 0.3) is 10.2 Å². The first-order chi connectivity index (χ1) is 9.81. The average Bonchev–Trinajstić information content (AvgIpc) is 3.13. The van der Waals surface area contributed by atoms with Crippen LogP contribution in [0.5, 0.6) is 0 Å². The molecule has 0 saturated carbocycles. The fourth-order valence-electron chi connectivity index (χ4n) is 1.87. The van der Waals surface area contributed by atoms with Crippen molar-refractivity contribution in [3.05, 3.63) is 46.9 Å². The smallest absolute Gasteiger partial charge is 0.143 e. The fraction of sp³-hybridized carbons (Fsp3) is 0.0714.